The first-order valence-corrected chi connectivity index (χ1v) is 6.38. The fraction of sp³-hybridized carbons (Fsp3) is 0.571. The van der Waals surface area contributed by atoms with Crippen molar-refractivity contribution in [2.45, 2.75) is 45.3 Å². The summed E-state index contributed by atoms with van der Waals surface area (Å²) in [6, 6.07) is 5.42. The minimum Gasteiger partial charge on any atom is -0.389 e. The molecular formula is C14H20FNO. The van der Waals surface area contributed by atoms with Crippen molar-refractivity contribution >= 4 is 5.69 Å². The van der Waals surface area contributed by atoms with E-state index in [0.717, 1.165) is 25.8 Å². The normalized spacial score (nSPS) is 16.9. The van der Waals surface area contributed by atoms with Crippen LogP contribution < -0.4 is 4.90 Å². The Morgan fingerprint density at radius 1 is 1.47 bits per heavy atom. The standard InChI is InChI=1S/C14H20FNO/c1-3-9-16(11-7-8-11)14-12(10(2)17)5-4-6-13(14)15/h4-6,10-11,17H,3,7-9H2,1-2H3. The number of nitrogens with zero attached hydrogens (tertiary/aromatic N) is 1. The van der Waals surface area contributed by atoms with E-state index in [9.17, 15) is 9.50 Å². The lowest BCUT2D eigenvalue weighted by molar-refractivity contribution is 0.199. The first kappa shape index (κ1) is 12.4. The summed E-state index contributed by atoms with van der Waals surface area (Å²) in [7, 11) is 0. The van der Waals surface area contributed by atoms with E-state index in [-0.39, 0.29) is 5.82 Å². The van der Waals surface area contributed by atoms with Crippen LogP contribution >= 0.6 is 0 Å². The predicted molar refractivity (Wildman–Crippen MR) is 67.7 cm³/mol. The minimum atomic E-state index is -0.626. The van der Waals surface area contributed by atoms with E-state index in [2.05, 4.69) is 11.8 Å². The lowest BCUT2D eigenvalue weighted by atomic mass is 10.1. The number of hydrogen-bond acceptors (Lipinski definition) is 2. The van der Waals surface area contributed by atoms with Crippen LogP contribution in [0.5, 0.6) is 0 Å². The van der Waals surface area contributed by atoms with Gasteiger partial charge in [-0.2, -0.15) is 0 Å². The van der Waals surface area contributed by atoms with Gasteiger partial charge in [-0.15, -0.1) is 0 Å². The largest absolute Gasteiger partial charge is 0.389 e. The van der Waals surface area contributed by atoms with Crippen LogP contribution in [-0.2, 0) is 0 Å². The molecule has 0 bridgehead atoms. The van der Waals surface area contributed by atoms with E-state index in [0.29, 0.717) is 17.3 Å². The van der Waals surface area contributed by atoms with Gasteiger partial charge >= 0.3 is 0 Å². The average Bonchev–Trinajstić information content (AvgIpc) is 3.10. The molecular weight excluding hydrogens is 217 g/mol. The van der Waals surface area contributed by atoms with Crippen LogP contribution in [0.2, 0.25) is 0 Å². The van der Waals surface area contributed by atoms with Crippen molar-refractivity contribution in [1.29, 1.82) is 0 Å². The maximum absolute atomic E-state index is 14.0. The number of hydrogen-bond donors (Lipinski definition) is 1. The van der Waals surface area contributed by atoms with Gasteiger partial charge in [-0.25, -0.2) is 4.39 Å². The fourth-order valence-electron chi connectivity index (χ4n) is 2.28. The van der Waals surface area contributed by atoms with Crippen LogP contribution in [0, 0.1) is 5.82 Å². The highest BCUT2D eigenvalue weighted by molar-refractivity contribution is 5.57. The van der Waals surface area contributed by atoms with Crippen molar-refractivity contribution in [2.75, 3.05) is 11.4 Å². The quantitative estimate of drug-likeness (QED) is 0.849. The van der Waals surface area contributed by atoms with E-state index in [1.165, 1.54) is 6.07 Å². The molecule has 0 aliphatic heterocycles. The van der Waals surface area contributed by atoms with Crippen LogP contribution in [0.25, 0.3) is 0 Å². The summed E-state index contributed by atoms with van der Waals surface area (Å²) in [6.07, 6.45) is 2.63. The first-order valence-electron chi connectivity index (χ1n) is 6.38. The number of aliphatic hydroxyl groups is 1. The zero-order chi connectivity index (χ0) is 12.4. The van der Waals surface area contributed by atoms with Crippen molar-refractivity contribution in [3.63, 3.8) is 0 Å². The summed E-state index contributed by atoms with van der Waals surface area (Å²) in [5.41, 5.74) is 1.30. The number of halogens is 1. The molecule has 1 aliphatic carbocycles. The van der Waals surface area contributed by atoms with Gasteiger partial charge in [0.2, 0.25) is 0 Å². The molecule has 2 rings (SSSR count). The molecule has 1 unspecified atom stereocenters. The van der Waals surface area contributed by atoms with Crippen LogP contribution in [0.3, 0.4) is 0 Å². The van der Waals surface area contributed by atoms with Crippen molar-refractivity contribution < 1.29 is 9.50 Å². The molecule has 0 amide bonds. The second kappa shape index (κ2) is 5.05. The summed E-state index contributed by atoms with van der Waals surface area (Å²) in [6.45, 7) is 4.64. The SMILES string of the molecule is CCCN(c1c(F)cccc1C(C)O)C1CC1. The molecule has 0 aromatic heterocycles. The second-order valence-electron chi connectivity index (χ2n) is 4.78. The monoisotopic (exact) mass is 237 g/mol. The van der Waals surface area contributed by atoms with Crippen LogP contribution in [0.15, 0.2) is 18.2 Å². The Hall–Kier alpha value is -1.09. The van der Waals surface area contributed by atoms with E-state index in [1.807, 2.05) is 6.07 Å². The van der Waals surface area contributed by atoms with Gasteiger partial charge in [0.25, 0.3) is 0 Å². The van der Waals surface area contributed by atoms with Gasteiger partial charge in [0.15, 0.2) is 0 Å². The number of aliphatic hydroxyl groups excluding tert-OH is 1. The third kappa shape index (κ3) is 2.60. The molecule has 1 fully saturated rings. The number of anilines is 1. The molecule has 1 aromatic rings. The van der Waals surface area contributed by atoms with E-state index < -0.39 is 6.10 Å². The van der Waals surface area contributed by atoms with E-state index in [4.69, 9.17) is 0 Å². The van der Waals surface area contributed by atoms with E-state index in [1.54, 1.807) is 13.0 Å². The molecule has 0 spiro atoms. The average molecular weight is 237 g/mol. The Morgan fingerprint density at radius 3 is 2.71 bits per heavy atom. The van der Waals surface area contributed by atoms with Gasteiger partial charge in [-0.1, -0.05) is 19.1 Å². The van der Waals surface area contributed by atoms with E-state index >= 15 is 0 Å². The molecule has 1 N–H and O–H groups in total. The highest BCUT2D eigenvalue weighted by Gasteiger charge is 2.31. The summed E-state index contributed by atoms with van der Waals surface area (Å²) in [5.74, 6) is -0.219. The summed E-state index contributed by atoms with van der Waals surface area (Å²) >= 11 is 0. The zero-order valence-corrected chi connectivity index (χ0v) is 10.5. The lowest BCUT2D eigenvalue weighted by Crippen LogP contribution is -2.28. The second-order valence-corrected chi connectivity index (χ2v) is 4.78. The van der Waals surface area contributed by atoms with Crippen LogP contribution in [0.1, 0.15) is 44.8 Å². The van der Waals surface area contributed by atoms with Crippen molar-refractivity contribution in [2.24, 2.45) is 0 Å². The Bertz CT molecular complexity index is 388. The third-order valence-corrected chi connectivity index (χ3v) is 3.21. The molecule has 0 radical (unpaired) electrons. The molecule has 1 aromatic carbocycles. The van der Waals surface area contributed by atoms with Crippen molar-refractivity contribution in [1.82, 2.24) is 0 Å². The Morgan fingerprint density at radius 2 is 2.18 bits per heavy atom. The maximum atomic E-state index is 14.0. The molecule has 1 aliphatic rings. The molecule has 0 heterocycles. The topological polar surface area (TPSA) is 23.5 Å². The highest BCUT2D eigenvalue weighted by atomic mass is 19.1. The first-order chi connectivity index (χ1) is 8.15. The zero-order valence-electron chi connectivity index (χ0n) is 10.5. The molecule has 0 saturated heterocycles. The number of benzene rings is 1. The lowest BCUT2D eigenvalue weighted by Gasteiger charge is -2.28. The Balaban J connectivity index is 2.39. The number of rotatable bonds is 5. The highest BCUT2D eigenvalue weighted by Crippen LogP contribution is 2.37. The Kier molecular flexibility index (Phi) is 3.67. The predicted octanol–water partition coefficient (Wildman–Crippen LogP) is 3.26. The summed E-state index contributed by atoms with van der Waals surface area (Å²) in [4.78, 5) is 2.12. The van der Waals surface area contributed by atoms with Crippen LogP contribution in [0.4, 0.5) is 10.1 Å². The molecule has 1 saturated carbocycles. The van der Waals surface area contributed by atoms with Gasteiger partial charge in [-0.3, -0.25) is 0 Å². The van der Waals surface area contributed by atoms with Crippen LogP contribution in [-0.4, -0.2) is 17.7 Å². The fourth-order valence-corrected chi connectivity index (χ4v) is 2.28. The smallest absolute Gasteiger partial charge is 0.146 e. The molecule has 94 valence electrons. The van der Waals surface area contributed by atoms with Crippen molar-refractivity contribution in [3.8, 4) is 0 Å². The summed E-state index contributed by atoms with van der Waals surface area (Å²) in [5, 5.41) is 9.75. The molecule has 3 heteroatoms. The van der Waals surface area contributed by atoms with Gasteiger partial charge in [0, 0.05) is 18.2 Å². The van der Waals surface area contributed by atoms with Gasteiger partial charge in [0.05, 0.1) is 11.8 Å². The molecule has 1 atom stereocenters. The van der Waals surface area contributed by atoms with Crippen molar-refractivity contribution in [3.05, 3.63) is 29.6 Å². The molecule has 2 nitrogen and oxygen atoms in total. The Labute approximate surface area is 102 Å². The van der Waals surface area contributed by atoms with Gasteiger partial charge < -0.3 is 10.0 Å². The number of para-hydroxylation sites is 1. The van der Waals surface area contributed by atoms with Gasteiger partial charge in [0.1, 0.15) is 5.82 Å². The third-order valence-electron chi connectivity index (χ3n) is 3.21. The van der Waals surface area contributed by atoms with Gasteiger partial charge in [-0.05, 0) is 32.3 Å². The summed E-state index contributed by atoms with van der Waals surface area (Å²) < 4.78 is 14.0. The molecule has 17 heavy (non-hydrogen) atoms. The minimum absolute atomic E-state index is 0.219. The maximum Gasteiger partial charge on any atom is 0.146 e.